The fourth-order valence-corrected chi connectivity index (χ4v) is 2.98. The van der Waals surface area contributed by atoms with Crippen molar-refractivity contribution in [3.8, 4) is 0 Å². The molecule has 0 spiro atoms. The monoisotopic (exact) mass is 320 g/mol. The van der Waals surface area contributed by atoms with Gasteiger partial charge in [0.1, 0.15) is 12.3 Å². The lowest BCUT2D eigenvalue weighted by atomic mass is 10.0. The lowest BCUT2D eigenvalue weighted by molar-refractivity contribution is -0.304. The molecule has 2 heterocycles. The van der Waals surface area contributed by atoms with Crippen LogP contribution < -0.4 is 11.5 Å². The molecule has 0 aromatic rings. The van der Waals surface area contributed by atoms with Gasteiger partial charge in [-0.1, -0.05) is 0 Å². The Bertz CT molecular complexity index is 347. The molecule has 2 saturated heterocycles. The van der Waals surface area contributed by atoms with E-state index in [1.54, 1.807) is 21.3 Å². The maximum Gasteiger partial charge on any atom is 0.162 e. The molecule has 0 bridgehead atoms. The zero-order chi connectivity index (χ0) is 16.3. The number of hydrogen-bond donors (Lipinski definition) is 2. The summed E-state index contributed by atoms with van der Waals surface area (Å²) in [4.78, 5) is 0. The Hall–Kier alpha value is -0.320. The number of rotatable bonds is 5. The minimum absolute atomic E-state index is 0.148. The first kappa shape index (κ1) is 18.0. The molecular formula is C14H28N2O6. The maximum atomic E-state index is 6.05. The van der Waals surface area contributed by atoms with Crippen LogP contribution >= 0.6 is 0 Å². The SMILES string of the molecule is COC1C[C@H](O[C@H]2C(C)O[C@@H](OC)CC2OC)OC(N)[C@@H]1N. The Balaban J connectivity index is 1.99. The maximum absolute atomic E-state index is 6.05. The highest BCUT2D eigenvalue weighted by atomic mass is 16.7. The zero-order valence-electron chi connectivity index (χ0n) is 13.6. The van der Waals surface area contributed by atoms with Gasteiger partial charge in [-0.15, -0.1) is 0 Å². The topological polar surface area (TPSA) is 107 Å². The van der Waals surface area contributed by atoms with Gasteiger partial charge in [0.2, 0.25) is 0 Å². The molecule has 0 aromatic heterocycles. The van der Waals surface area contributed by atoms with Crippen LogP contribution in [0.5, 0.6) is 0 Å². The zero-order valence-corrected chi connectivity index (χ0v) is 13.6. The van der Waals surface area contributed by atoms with Crippen molar-refractivity contribution in [1.82, 2.24) is 0 Å². The summed E-state index contributed by atoms with van der Waals surface area (Å²) in [6.45, 7) is 1.92. The number of hydrogen-bond acceptors (Lipinski definition) is 8. The van der Waals surface area contributed by atoms with Gasteiger partial charge in [-0.25, -0.2) is 0 Å². The summed E-state index contributed by atoms with van der Waals surface area (Å²) in [5.74, 6) is 0. The Morgan fingerprint density at radius 2 is 1.50 bits per heavy atom. The molecule has 2 aliphatic heterocycles. The Morgan fingerprint density at radius 1 is 0.864 bits per heavy atom. The second-order valence-electron chi connectivity index (χ2n) is 5.73. The highest BCUT2D eigenvalue weighted by Crippen LogP contribution is 2.29. The third-order valence-electron chi connectivity index (χ3n) is 4.34. The number of methoxy groups -OCH3 is 3. The Labute approximate surface area is 131 Å². The van der Waals surface area contributed by atoms with Gasteiger partial charge in [0.25, 0.3) is 0 Å². The van der Waals surface area contributed by atoms with E-state index in [-0.39, 0.29) is 36.7 Å². The largest absolute Gasteiger partial charge is 0.379 e. The summed E-state index contributed by atoms with van der Waals surface area (Å²) in [5.41, 5.74) is 11.8. The molecule has 0 radical (unpaired) electrons. The van der Waals surface area contributed by atoms with E-state index in [9.17, 15) is 0 Å². The molecule has 0 aliphatic carbocycles. The van der Waals surface area contributed by atoms with Gasteiger partial charge in [0.15, 0.2) is 12.6 Å². The molecule has 8 nitrogen and oxygen atoms in total. The van der Waals surface area contributed by atoms with Gasteiger partial charge in [0, 0.05) is 34.2 Å². The van der Waals surface area contributed by atoms with Crippen LogP contribution in [0.3, 0.4) is 0 Å². The third-order valence-corrected chi connectivity index (χ3v) is 4.34. The molecule has 0 amide bonds. The van der Waals surface area contributed by atoms with Crippen LogP contribution in [0.15, 0.2) is 0 Å². The molecule has 4 unspecified atom stereocenters. The first-order valence-electron chi connectivity index (χ1n) is 7.56. The summed E-state index contributed by atoms with van der Waals surface area (Å²) < 4.78 is 33.6. The van der Waals surface area contributed by atoms with Crippen molar-refractivity contribution in [3.63, 3.8) is 0 Å². The molecular weight excluding hydrogens is 292 g/mol. The van der Waals surface area contributed by atoms with Crippen molar-refractivity contribution in [2.24, 2.45) is 11.5 Å². The first-order valence-corrected chi connectivity index (χ1v) is 7.56. The van der Waals surface area contributed by atoms with E-state index < -0.39 is 12.5 Å². The molecule has 2 rings (SSSR count). The fraction of sp³-hybridized carbons (Fsp3) is 1.00. The molecule has 4 N–H and O–H groups in total. The van der Waals surface area contributed by atoms with E-state index in [1.807, 2.05) is 6.92 Å². The van der Waals surface area contributed by atoms with E-state index in [0.29, 0.717) is 12.8 Å². The summed E-state index contributed by atoms with van der Waals surface area (Å²) in [7, 11) is 4.86. The number of ether oxygens (including phenoxy) is 6. The van der Waals surface area contributed by atoms with Crippen molar-refractivity contribution in [2.45, 2.75) is 69.0 Å². The minimum atomic E-state index is -0.628. The van der Waals surface area contributed by atoms with Crippen molar-refractivity contribution < 1.29 is 28.4 Å². The molecule has 2 aliphatic rings. The van der Waals surface area contributed by atoms with Crippen LogP contribution in [0.4, 0.5) is 0 Å². The lowest BCUT2D eigenvalue weighted by Gasteiger charge is -2.43. The van der Waals surface area contributed by atoms with Crippen LogP contribution in [-0.4, -0.2) is 70.6 Å². The van der Waals surface area contributed by atoms with Crippen LogP contribution in [-0.2, 0) is 28.4 Å². The van der Waals surface area contributed by atoms with Crippen LogP contribution in [0.2, 0.25) is 0 Å². The quantitative estimate of drug-likeness (QED) is 0.701. The molecule has 2 fully saturated rings. The van der Waals surface area contributed by atoms with Crippen molar-refractivity contribution in [3.05, 3.63) is 0 Å². The van der Waals surface area contributed by atoms with Crippen LogP contribution in [0, 0.1) is 0 Å². The fourth-order valence-electron chi connectivity index (χ4n) is 2.98. The van der Waals surface area contributed by atoms with Gasteiger partial charge in [-0.3, -0.25) is 0 Å². The Morgan fingerprint density at radius 3 is 2.09 bits per heavy atom. The van der Waals surface area contributed by atoms with E-state index >= 15 is 0 Å². The molecule has 130 valence electrons. The predicted molar refractivity (Wildman–Crippen MR) is 77.9 cm³/mol. The standard InChI is InChI=1S/C14H28N2O6/c1-7-13(9(18-3)6-10(19-4)20-7)21-11-5-8(17-2)12(15)14(16)22-11/h7-14H,5-6,15-16H2,1-4H3/t7?,8?,9?,10-,11-,12-,13+,14?/m1/s1. The second kappa shape index (κ2) is 7.98. The normalized spacial score (nSPS) is 46.6. The summed E-state index contributed by atoms with van der Waals surface area (Å²) >= 11 is 0. The smallest absolute Gasteiger partial charge is 0.162 e. The summed E-state index contributed by atoms with van der Waals surface area (Å²) in [5, 5.41) is 0. The Kier molecular flexibility index (Phi) is 6.54. The van der Waals surface area contributed by atoms with Gasteiger partial charge in [-0.05, 0) is 6.92 Å². The van der Waals surface area contributed by atoms with Crippen molar-refractivity contribution >= 4 is 0 Å². The molecule has 0 aromatic carbocycles. The van der Waals surface area contributed by atoms with Gasteiger partial charge in [-0.2, -0.15) is 0 Å². The minimum Gasteiger partial charge on any atom is -0.379 e. The molecule has 0 saturated carbocycles. The highest BCUT2D eigenvalue weighted by molar-refractivity contribution is 4.87. The van der Waals surface area contributed by atoms with E-state index in [4.69, 9.17) is 39.9 Å². The second-order valence-corrected chi connectivity index (χ2v) is 5.73. The van der Waals surface area contributed by atoms with E-state index in [2.05, 4.69) is 0 Å². The van der Waals surface area contributed by atoms with Crippen molar-refractivity contribution in [2.75, 3.05) is 21.3 Å². The highest BCUT2D eigenvalue weighted by Gasteiger charge is 2.42. The molecule has 8 heteroatoms. The van der Waals surface area contributed by atoms with E-state index in [0.717, 1.165) is 0 Å². The average molecular weight is 320 g/mol. The van der Waals surface area contributed by atoms with Crippen molar-refractivity contribution in [1.29, 1.82) is 0 Å². The van der Waals surface area contributed by atoms with Gasteiger partial charge >= 0.3 is 0 Å². The van der Waals surface area contributed by atoms with Crippen LogP contribution in [0.25, 0.3) is 0 Å². The number of nitrogens with two attached hydrogens (primary N) is 2. The summed E-state index contributed by atoms with van der Waals surface area (Å²) in [6.07, 6.45) is -1.16. The van der Waals surface area contributed by atoms with Gasteiger partial charge < -0.3 is 39.9 Å². The van der Waals surface area contributed by atoms with Gasteiger partial charge in [0.05, 0.1) is 24.4 Å². The lowest BCUT2D eigenvalue weighted by Crippen LogP contribution is -2.60. The average Bonchev–Trinajstić information content (AvgIpc) is 2.52. The van der Waals surface area contributed by atoms with Crippen LogP contribution in [0.1, 0.15) is 19.8 Å². The third kappa shape index (κ3) is 3.95. The summed E-state index contributed by atoms with van der Waals surface area (Å²) in [6, 6.07) is -0.374. The first-order chi connectivity index (χ1) is 10.5. The molecule has 8 atom stereocenters. The predicted octanol–water partition coefficient (Wildman–Crippen LogP) is -0.459. The molecule has 22 heavy (non-hydrogen) atoms. The van der Waals surface area contributed by atoms with E-state index in [1.165, 1.54) is 0 Å².